The van der Waals surface area contributed by atoms with Gasteiger partial charge in [0.05, 0.1) is 11.1 Å². The molecule has 1 aromatic carbocycles. The summed E-state index contributed by atoms with van der Waals surface area (Å²) in [6.07, 6.45) is 4.62. The van der Waals surface area contributed by atoms with E-state index in [0.29, 0.717) is 23.3 Å². The number of thioether (sulfide) groups is 1. The highest BCUT2D eigenvalue weighted by Crippen LogP contribution is 2.38. The average Bonchev–Trinajstić information content (AvgIpc) is 3.06. The number of benzene rings is 1. The summed E-state index contributed by atoms with van der Waals surface area (Å²) in [7, 11) is 1.83. The van der Waals surface area contributed by atoms with Crippen LogP contribution < -0.4 is 5.73 Å². The Kier molecular flexibility index (Phi) is 5.55. The van der Waals surface area contributed by atoms with Crippen molar-refractivity contribution in [3.8, 4) is 0 Å². The van der Waals surface area contributed by atoms with E-state index in [1.54, 1.807) is 16.2 Å². The molecular weight excluding hydrogens is 388 g/mol. The Labute approximate surface area is 173 Å². The number of aryl methyl sites for hydroxylation is 3. The summed E-state index contributed by atoms with van der Waals surface area (Å²) in [6, 6.07) is 8.24. The normalized spacial score (nSPS) is 13.5. The number of thiophene rings is 1. The molecule has 0 bridgehead atoms. The molecule has 1 aliphatic carbocycles. The molecule has 0 fully saturated rings. The van der Waals surface area contributed by atoms with Crippen LogP contribution in [0, 0.1) is 6.92 Å². The van der Waals surface area contributed by atoms with Crippen molar-refractivity contribution in [2.75, 3.05) is 18.5 Å². The van der Waals surface area contributed by atoms with Crippen LogP contribution in [0.2, 0.25) is 0 Å². The maximum atomic E-state index is 12.5. The number of hydrogen-bond donors (Lipinski definition) is 1. The minimum atomic E-state index is 0.0540. The lowest BCUT2D eigenvalue weighted by atomic mass is 9.97. The monoisotopic (exact) mass is 412 g/mol. The van der Waals surface area contributed by atoms with Gasteiger partial charge in [-0.25, -0.2) is 9.97 Å². The Bertz CT molecular complexity index is 1010. The van der Waals surface area contributed by atoms with Crippen LogP contribution in [-0.2, 0) is 24.2 Å². The molecule has 146 valence electrons. The smallest absolute Gasteiger partial charge is 0.233 e. The summed E-state index contributed by atoms with van der Waals surface area (Å²) in [5.74, 6) is 0.906. The van der Waals surface area contributed by atoms with Crippen LogP contribution in [0.3, 0.4) is 0 Å². The minimum Gasteiger partial charge on any atom is -0.383 e. The second-order valence-corrected chi connectivity index (χ2v) is 9.33. The zero-order chi connectivity index (χ0) is 19.7. The maximum absolute atomic E-state index is 12.5. The Morgan fingerprint density at radius 3 is 2.75 bits per heavy atom. The van der Waals surface area contributed by atoms with Crippen molar-refractivity contribution in [1.29, 1.82) is 0 Å². The first-order valence-corrected chi connectivity index (χ1v) is 11.3. The Balaban J connectivity index is 1.43. The van der Waals surface area contributed by atoms with Gasteiger partial charge >= 0.3 is 0 Å². The Morgan fingerprint density at radius 1 is 1.21 bits per heavy atom. The van der Waals surface area contributed by atoms with Gasteiger partial charge in [-0.15, -0.1) is 11.3 Å². The highest BCUT2D eigenvalue weighted by molar-refractivity contribution is 7.99. The summed E-state index contributed by atoms with van der Waals surface area (Å²) in [5.41, 5.74) is 9.93. The van der Waals surface area contributed by atoms with Crippen molar-refractivity contribution >= 4 is 45.0 Å². The Morgan fingerprint density at radius 2 is 1.96 bits per heavy atom. The second-order valence-electron chi connectivity index (χ2n) is 7.31. The summed E-state index contributed by atoms with van der Waals surface area (Å²) >= 11 is 3.09. The van der Waals surface area contributed by atoms with Gasteiger partial charge in [0, 0.05) is 18.5 Å². The summed E-state index contributed by atoms with van der Waals surface area (Å²) in [6.45, 7) is 2.65. The van der Waals surface area contributed by atoms with Gasteiger partial charge < -0.3 is 10.6 Å². The quantitative estimate of drug-likeness (QED) is 0.502. The molecule has 2 heterocycles. The van der Waals surface area contributed by atoms with Crippen LogP contribution >= 0.6 is 23.1 Å². The number of aromatic nitrogens is 2. The average molecular weight is 413 g/mol. The number of nitrogens with zero attached hydrogens (tertiary/aromatic N) is 3. The molecule has 0 spiro atoms. The summed E-state index contributed by atoms with van der Waals surface area (Å²) < 4.78 is 0. The van der Waals surface area contributed by atoms with Gasteiger partial charge in [0.2, 0.25) is 5.91 Å². The largest absolute Gasteiger partial charge is 0.383 e. The highest BCUT2D eigenvalue weighted by Gasteiger charge is 2.20. The number of rotatable bonds is 5. The van der Waals surface area contributed by atoms with Gasteiger partial charge in [0.15, 0.2) is 5.16 Å². The van der Waals surface area contributed by atoms with E-state index in [4.69, 9.17) is 5.73 Å². The molecule has 0 atom stereocenters. The third-order valence-electron chi connectivity index (χ3n) is 5.11. The SMILES string of the molecule is Cc1ccc(CN(C)C(=O)CSc2nc(N)c3c4c(sc3n2)CCCC4)cc1. The van der Waals surface area contributed by atoms with Gasteiger partial charge in [-0.3, -0.25) is 4.79 Å². The van der Waals surface area contributed by atoms with Crippen LogP contribution in [0.15, 0.2) is 29.4 Å². The Hall–Kier alpha value is -2.12. The van der Waals surface area contributed by atoms with Gasteiger partial charge in [-0.05, 0) is 43.7 Å². The summed E-state index contributed by atoms with van der Waals surface area (Å²) in [4.78, 5) is 25.8. The van der Waals surface area contributed by atoms with E-state index in [0.717, 1.165) is 28.6 Å². The fourth-order valence-corrected chi connectivity index (χ4v) is 5.64. The zero-order valence-electron chi connectivity index (χ0n) is 16.2. The van der Waals surface area contributed by atoms with Gasteiger partial charge in [-0.1, -0.05) is 41.6 Å². The molecule has 0 aliphatic heterocycles. The van der Waals surface area contributed by atoms with Crippen LogP contribution in [0.25, 0.3) is 10.2 Å². The molecule has 0 saturated carbocycles. The molecule has 0 radical (unpaired) electrons. The van der Waals surface area contributed by atoms with E-state index in [-0.39, 0.29) is 5.91 Å². The van der Waals surface area contributed by atoms with Crippen molar-refractivity contribution < 1.29 is 4.79 Å². The third-order valence-corrected chi connectivity index (χ3v) is 7.13. The van der Waals surface area contributed by atoms with Crippen molar-refractivity contribution in [3.05, 3.63) is 45.8 Å². The molecule has 0 unspecified atom stereocenters. The number of anilines is 1. The van der Waals surface area contributed by atoms with Gasteiger partial charge in [-0.2, -0.15) is 0 Å². The molecular formula is C21H24N4OS2. The van der Waals surface area contributed by atoms with E-state index in [1.165, 1.54) is 40.6 Å². The van der Waals surface area contributed by atoms with Gasteiger partial charge in [0.1, 0.15) is 10.6 Å². The first-order valence-electron chi connectivity index (χ1n) is 9.51. The van der Waals surface area contributed by atoms with E-state index in [1.807, 2.05) is 7.05 Å². The minimum absolute atomic E-state index is 0.0540. The molecule has 7 heteroatoms. The fraction of sp³-hybridized carbons (Fsp3) is 0.381. The molecule has 2 N–H and O–H groups in total. The first kappa shape index (κ1) is 19.2. The number of carbonyl (C=O) groups is 1. The molecule has 4 rings (SSSR count). The van der Waals surface area contributed by atoms with E-state index in [9.17, 15) is 4.79 Å². The zero-order valence-corrected chi connectivity index (χ0v) is 17.8. The maximum Gasteiger partial charge on any atom is 0.233 e. The first-order chi connectivity index (χ1) is 13.5. The lowest BCUT2D eigenvalue weighted by molar-refractivity contribution is -0.127. The van der Waals surface area contributed by atoms with Crippen LogP contribution in [0.5, 0.6) is 0 Å². The number of nitrogens with two attached hydrogens (primary N) is 1. The number of carbonyl (C=O) groups excluding carboxylic acids is 1. The highest BCUT2D eigenvalue weighted by atomic mass is 32.2. The number of hydrogen-bond acceptors (Lipinski definition) is 6. The summed E-state index contributed by atoms with van der Waals surface area (Å²) in [5, 5.41) is 1.62. The van der Waals surface area contributed by atoms with E-state index >= 15 is 0 Å². The molecule has 1 aliphatic rings. The predicted molar refractivity (Wildman–Crippen MR) is 117 cm³/mol. The lowest BCUT2D eigenvalue weighted by Gasteiger charge is -2.17. The molecule has 28 heavy (non-hydrogen) atoms. The van der Waals surface area contributed by atoms with Crippen LogP contribution in [0.4, 0.5) is 5.82 Å². The van der Waals surface area contributed by atoms with Crippen molar-refractivity contribution in [1.82, 2.24) is 14.9 Å². The van der Waals surface area contributed by atoms with E-state index in [2.05, 4.69) is 41.2 Å². The number of fused-ring (bicyclic) bond motifs is 3. The number of nitrogen functional groups attached to an aromatic ring is 1. The molecule has 1 amide bonds. The second kappa shape index (κ2) is 8.09. The standard InChI is InChI=1S/C21H24N4OS2/c1-13-7-9-14(10-8-13)11-25(2)17(26)12-27-21-23-19(22)18-15-5-3-4-6-16(15)28-20(18)24-21/h7-10H,3-6,11-12H2,1-2H3,(H2,22,23,24). The van der Waals surface area contributed by atoms with Crippen molar-refractivity contribution in [2.45, 2.75) is 44.3 Å². The van der Waals surface area contributed by atoms with Crippen LogP contribution in [0.1, 0.15) is 34.4 Å². The predicted octanol–water partition coefficient (Wildman–Crippen LogP) is 4.21. The lowest BCUT2D eigenvalue weighted by Crippen LogP contribution is -2.27. The van der Waals surface area contributed by atoms with Crippen molar-refractivity contribution in [3.63, 3.8) is 0 Å². The van der Waals surface area contributed by atoms with Crippen LogP contribution in [-0.4, -0.2) is 33.6 Å². The molecule has 2 aromatic heterocycles. The molecule has 3 aromatic rings. The van der Waals surface area contributed by atoms with E-state index < -0.39 is 0 Å². The third kappa shape index (κ3) is 4.00. The fourth-order valence-electron chi connectivity index (χ4n) is 3.52. The molecule has 0 saturated heterocycles. The number of amides is 1. The topological polar surface area (TPSA) is 72.1 Å². The van der Waals surface area contributed by atoms with Crippen molar-refractivity contribution in [2.24, 2.45) is 0 Å². The molecule has 5 nitrogen and oxygen atoms in total. The van der Waals surface area contributed by atoms with Gasteiger partial charge in [0.25, 0.3) is 0 Å².